The van der Waals surface area contributed by atoms with Crippen molar-refractivity contribution >= 4 is 17.3 Å². The molecule has 2 fully saturated rings. The van der Waals surface area contributed by atoms with Gasteiger partial charge in [0.05, 0.1) is 0 Å². The van der Waals surface area contributed by atoms with Crippen molar-refractivity contribution < 1.29 is 0 Å². The molecule has 3 atom stereocenters. The fourth-order valence-electron chi connectivity index (χ4n) is 3.08. The summed E-state index contributed by atoms with van der Waals surface area (Å²) in [6.07, 6.45) is 7.64. The summed E-state index contributed by atoms with van der Waals surface area (Å²) < 4.78 is 0. The molecule has 2 aliphatic rings. The maximum Gasteiger partial charge on any atom is 0.166 e. The van der Waals surface area contributed by atoms with E-state index in [1.54, 1.807) is 0 Å². The zero-order valence-electron chi connectivity index (χ0n) is 9.17. The molecule has 2 N–H and O–H groups in total. The summed E-state index contributed by atoms with van der Waals surface area (Å²) in [6, 6.07) is 0. The first-order chi connectivity index (χ1) is 7.29. The lowest BCUT2D eigenvalue weighted by Gasteiger charge is -2.22. The molecule has 2 nitrogen and oxygen atoms in total. The van der Waals surface area contributed by atoms with Crippen LogP contribution in [-0.4, -0.2) is 18.2 Å². The smallest absolute Gasteiger partial charge is 0.166 e. The molecule has 2 rings (SSSR count). The van der Waals surface area contributed by atoms with Crippen LogP contribution in [0.1, 0.15) is 25.7 Å². The molecular weight excluding hydrogens is 204 g/mol. The third-order valence-electron chi connectivity index (χ3n) is 3.82. The molecule has 2 aliphatic carbocycles. The highest BCUT2D eigenvalue weighted by Crippen LogP contribution is 2.47. The van der Waals surface area contributed by atoms with Gasteiger partial charge in [-0.3, -0.25) is 0 Å². The van der Waals surface area contributed by atoms with Gasteiger partial charge in [0.25, 0.3) is 0 Å². The number of hydrogen-bond donors (Lipinski definition) is 2. The Morgan fingerprint density at radius 2 is 2.20 bits per heavy atom. The van der Waals surface area contributed by atoms with Crippen molar-refractivity contribution in [2.45, 2.75) is 25.7 Å². The quantitative estimate of drug-likeness (QED) is 0.565. The molecule has 0 aromatic rings. The minimum atomic E-state index is 0.753. The average Bonchev–Trinajstić information content (AvgIpc) is 2.84. The Morgan fingerprint density at radius 1 is 1.33 bits per heavy atom. The fourth-order valence-corrected chi connectivity index (χ4v) is 3.24. The van der Waals surface area contributed by atoms with Crippen LogP contribution in [0.2, 0.25) is 0 Å². The largest absolute Gasteiger partial charge is 0.362 e. The monoisotopic (exact) mass is 224 g/mol. The molecule has 0 unspecified atom stereocenters. The van der Waals surface area contributed by atoms with Crippen LogP contribution in [0.3, 0.4) is 0 Å². The fraction of sp³-hybridized carbons (Fsp3) is 0.750. The van der Waals surface area contributed by atoms with Gasteiger partial charge in [-0.25, -0.2) is 0 Å². The van der Waals surface area contributed by atoms with Crippen LogP contribution >= 0.6 is 12.2 Å². The van der Waals surface area contributed by atoms with Gasteiger partial charge in [-0.15, -0.1) is 6.58 Å². The van der Waals surface area contributed by atoms with E-state index in [-0.39, 0.29) is 0 Å². The molecule has 0 aromatic heterocycles. The second kappa shape index (κ2) is 4.97. The number of hydrogen-bond acceptors (Lipinski definition) is 1. The molecule has 0 heterocycles. The molecule has 2 saturated carbocycles. The maximum atomic E-state index is 5.17. The summed E-state index contributed by atoms with van der Waals surface area (Å²) in [6.45, 7) is 5.46. The highest BCUT2D eigenvalue weighted by Gasteiger charge is 2.39. The first kappa shape index (κ1) is 10.9. The van der Waals surface area contributed by atoms with E-state index in [1.807, 2.05) is 6.08 Å². The first-order valence-corrected chi connectivity index (χ1v) is 6.33. The summed E-state index contributed by atoms with van der Waals surface area (Å²) in [5.74, 6) is 2.87. The lowest BCUT2D eigenvalue weighted by molar-refractivity contribution is 0.332. The number of rotatable bonds is 4. The maximum absolute atomic E-state index is 5.17. The van der Waals surface area contributed by atoms with Crippen molar-refractivity contribution in [2.75, 3.05) is 13.1 Å². The predicted octanol–water partition coefficient (Wildman–Crippen LogP) is 2.07. The van der Waals surface area contributed by atoms with Gasteiger partial charge in [-0.05, 0) is 49.2 Å². The molecule has 0 spiro atoms. The van der Waals surface area contributed by atoms with Gasteiger partial charge in [0.15, 0.2) is 5.11 Å². The standard InChI is InChI=1S/C12H20N2S/c1-2-5-13-12(15)14-8-11-7-9-3-4-10(11)6-9/h2,9-11H,1,3-8H2,(H2,13,14,15)/t9-,10-,11-/m0/s1. The minimum absolute atomic E-state index is 0.753. The molecular formula is C12H20N2S. The normalized spacial score (nSPS) is 32.7. The number of nitrogens with one attached hydrogen (secondary N) is 2. The summed E-state index contributed by atoms with van der Waals surface area (Å²) in [5.41, 5.74) is 0. The van der Waals surface area contributed by atoms with E-state index in [1.165, 1.54) is 25.7 Å². The summed E-state index contributed by atoms with van der Waals surface area (Å²) in [7, 11) is 0. The highest BCUT2D eigenvalue weighted by atomic mass is 32.1. The Hall–Kier alpha value is -0.570. The first-order valence-electron chi connectivity index (χ1n) is 5.92. The van der Waals surface area contributed by atoms with Gasteiger partial charge in [0, 0.05) is 13.1 Å². The number of fused-ring (bicyclic) bond motifs is 2. The van der Waals surface area contributed by atoms with E-state index in [2.05, 4.69) is 17.2 Å². The average molecular weight is 224 g/mol. The van der Waals surface area contributed by atoms with Crippen molar-refractivity contribution in [2.24, 2.45) is 17.8 Å². The lowest BCUT2D eigenvalue weighted by Crippen LogP contribution is -2.39. The summed E-state index contributed by atoms with van der Waals surface area (Å²) in [4.78, 5) is 0. The van der Waals surface area contributed by atoms with E-state index in [4.69, 9.17) is 12.2 Å². The van der Waals surface area contributed by atoms with E-state index in [0.717, 1.165) is 36.0 Å². The van der Waals surface area contributed by atoms with Gasteiger partial charge >= 0.3 is 0 Å². The van der Waals surface area contributed by atoms with Gasteiger partial charge in [0.1, 0.15) is 0 Å². The molecule has 15 heavy (non-hydrogen) atoms. The molecule has 0 amide bonds. The molecule has 3 heteroatoms. The zero-order valence-corrected chi connectivity index (χ0v) is 9.98. The van der Waals surface area contributed by atoms with Gasteiger partial charge in [-0.1, -0.05) is 12.5 Å². The van der Waals surface area contributed by atoms with Crippen LogP contribution < -0.4 is 10.6 Å². The van der Waals surface area contributed by atoms with Crippen LogP contribution in [0, 0.1) is 17.8 Å². The molecule has 0 saturated heterocycles. The molecule has 2 bridgehead atoms. The van der Waals surface area contributed by atoms with Crippen molar-refractivity contribution in [3.63, 3.8) is 0 Å². The van der Waals surface area contributed by atoms with Gasteiger partial charge in [0.2, 0.25) is 0 Å². The van der Waals surface area contributed by atoms with Crippen LogP contribution in [0.5, 0.6) is 0 Å². The minimum Gasteiger partial charge on any atom is -0.362 e. The van der Waals surface area contributed by atoms with Crippen molar-refractivity contribution in [1.29, 1.82) is 0 Å². The lowest BCUT2D eigenvalue weighted by atomic mass is 9.89. The number of thiocarbonyl (C=S) groups is 1. The van der Waals surface area contributed by atoms with Crippen molar-refractivity contribution in [3.05, 3.63) is 12.7 Å². The Morgan fingerprint density at radius 3 is 2.80 bits per heavy atom. The van der Waals surface area contributed by atoms with E-state index >= 15 is 0 Å². The summed E-state index contributed by atoms with van der Waals surface area (Å²) in [5, 5.41) is 7.20. The van der Waals surface area contributed by atoms with Crippen LogP contribution in [0.25, 0.3) is 0 Å². The van der Waals surface area contributed by atoms with Crippen LogP contribution in [0.15, 0.2) is 12.7 Å². The topological polar surface area (TPSA) is 24.1 Å². The third-order valence-corrected chi connectivity index (χ3v) is 4.10. The molecule has 0 aliphatic heterocycles. The molecule has 0 radical (unpaired) electrons. The second-order valence-electron chi connectivity index (χ2n) is 4.81. The molecule has 84 valence electrons. The predicted molar refractivity (Wildman–Crippen MR) is 67.7 cm³/mol. The van der Waals surface area contributed by atoms with Crippen LogP contribution in [0.4, 0.5) is 0 Å². The van der Waals surface area contributed by atoms with E-state index < -0.39 is 0 Å². The van der Waals surface area contributed by atoms with Crippen molar-refractivity contribution in [3.8, 4) is 0 Å². The summed E-state index contributed by atoms with van der Waals surface area (Å²) >= 11 is 5.17. The van der Waals surface area contributed by atoms with E-state index in [0.29, 0.717) is 0 Å². The Bertz CT molecular complexity index is 252. The van der Waals surface area contributed by atoms with Crippen molar-refractivity contribution in [1.82, 2.24) is 10.6 Å². The van der Waals surface area contributed by atoms with E-state index in [9.17, 15) is 0 Å². The third kappa shape index (κ3) is 2.71. The Balaban J connectivity index is 1.65. The SMILES string of the molecule is C=CCNC(=S)NC[C@@H]1C[C@H]2CC[C@H]1C2. The Labute approximate surface area is 97.5 Å². The Kier molecular flexibility index (Phi) is 3.62. The molecule has 0 aromatic carbocycles. The van der Waals surface area contributed by atoms with Gasteiger partial charge in [-0.2, -0.15) is 0 Å². The second-order valence-corrected chi connectivity index (χ2v) is 5.22. The highest BCUT2D eigenvalue weighted by molar-refractivity contribution is 7.80. The van der Waals surface area contributed by atoms with Crippen LogP contribution in [-0.2, 0) is 0 Å². The van der Waals surface area contributed by atoms with Gasteiger partial charge < -0.3 is 10.6 Å². The zero-order chi connectivity index (χ0) is 10.7.